The molecule has 138 valence electrons. The van der Waals surface area contributed by atoms with Crippen molar-refractivity contribution in [1.82, 2.24) is 4.90 Å². The summed E-state index contributed by atoms with van der Waals surface area (Å²) in [5, 5.41) is 12.7. The van der Waals surface area contributed by atoms with Crippen LogP contribution in [0, 0.1) is 13.8 Å². The summed E-state index contributed by atoms with van der Waals surface area (Å²) in [7, 11) is 0. The molecule has 1 heterocycles. The van der Waals surface area contributed by atoms with Crippen molar-refractivity contribution >= 4 is 33.7 Å². The average molecular weight is 413 g/mol. The van der Waals surface area contributed by atoms with Crippen LogP contribution in [0.3, 0.4) is 0 Å². The first-order chi connectivity index (χ1) is 11.4. The van der Waals surface area contributed by atoms with Gasteiger partial charge in [0, 0.05) is 17.6 Å². The number of aliphatic carboxylic acids is 1. The molecule has 1 saturated heterocycles. The van der Waals surface area contributed by atoms with Gasteiger partial charge < -0.3 is 20.1 Å². The first kappa shape index (κ1) is 19.6. The van der Waals surface area contributed by atoms with Gasteiger partial charge in [-0.2, -0.15) is 0 Å². The highest BCUT2D eigenvalue weighted by Crippen LogP contribution is 2.36. The number of ether oxygens (including phenoxy) is 1. The molecule has 2 N–H and O–H groups in total. The molecule has 2 rings (SSSR count). The van der Waals surface area contributed by atoms with E-state index >= 15 is 0 Å². The Hall–Kier alpha value is -1.76. The minimum Gasteiger partial charge on any atom is -0.481 e. The molecule has 0 aliphatic carbocycles. The topological polar surface area (TPSA) is 78.9 Å². The summed E-state index contributed by atoms with van der Waals surface area (Å²) < 4.78 is 6.24. The lowest BCUT2D eigenvalue weighted by molar-refractivity contribution is -0.139. The zero-order valence-corrected chi connectivity index (χ0v) is 16.9. The summed E-state index contributed by atoms with van der Waals surface area (Å²) in [6.45, 7) is 9.96. The maximum atomic E-state index is 12.2. The fourth-order valence-electron chi connectivity index (χ4n) is 3.00. The number of carbonyl (C=O) groups is 2. The van der Waals surface area contributed by atoms with Gasteiger partial charge in [-0.3, -0.25) is 4.79 Å². The largest absolute Gasteiger partial charge is 0.481 e. The van der Waals surface area contributed by atoms with Crippen LogP contribution in [0.5, 0.6) is 0 Å². The first-order valence-electron chi connectivity index (χ1n) is 8.15. The lowest BCUT2D eigenvalue weighted by atomic mass is 9.85. The second kappa shape index (κ2) is 6.86. The SMILES string of the molecule is Cc1cc(C)c(NC2(CC(=O)O)CN(C(=O)OC(C)(C)C)C2)c(Br)c1. The molecule has 0 radical (unpaired) electrons. The van der Waals surface area contributed by atoms with Gasteiger partial charge in [-0.1, -0.05) is 6.07 Å². The maximum Gasteiger partial charge on any atom is 0.410 e. The molecule has 1 aliphatic heterocycles. The number of amides is 1. The number of halogens is 1. The standard InChI is InChI=1S/C18H25BrN2O4/c1-11-6-12(2)15(13(19)7-11)20-18(8-14(22)23)9-21(10-18)16(24)25-17(3,4)5/h6-7,20H,8-10H2,1-5H3,(H,22,23). The number of nitrogens with one attached hydrogen (secondary N) is 1. The Balaban J connectivity index is 2.17. The van der Waals surface area contributed by atoms with Gasteiger partial charge in [-0.05, 0) is 67.7 Å². The van der Waals surface area contributed by atoms with Crippen molar-refractivity contribution in [3.05, 3.63) is 27.7 Å². The van der Waals surface area contributed by atoms with Gasteiger partial charge in [0.25, 0.3) is 0 Å². The van der Waals surface area contributed by atoms with Gasteiger partial charge in [0.2, 0.25) is 0 Å². The number of benzene rings is 1. The Morgan fingerprint density at radius 2 is 1.92 bits per heavy atom. The van der Waals surface area contributed by atoms with E-state index < -0.39 is 23.2 Å². The Labute approximate surface area is 156 Å². The second-order valence-electron chi connectivity index (χ2n) is 7.75. The van der Waals surface area contributed by atoms with Crippen LogP contribution < -0.4 is 5.32 Å². The van der Waals surface area contributed by atoms with E-state index in [9.17, 15) is 14.7 Å². The van der Waals surface area contributed by atoms with E-state index in [2.05, 4.69) is 21.2 Å². The molecule has 0 bridgehead atoms. The van der Waals surface area contributed by atoms with Crippen LogP contribution in [0.15, 0.2) is 16.6 Å². The van der Waals surface area contributed by atoms with Crippen LogP contribution in [0.1, 0.15) is 38.3 Å². The van der Waals surface area contributed by atoms with Crippen molar-refractivity contribution in [3.63, 3.8) is 0 Å². The van der Waals surface area contributed by atoms with Crippen LogP contribution in [-0.2, 0) is 9.53 Å². The molecule has 7 heteroatoms. The van der Waals surface area contributed by atoms with Crippen LogP contribution in [0.25, 0.3) is 0 Å². The van der Waals surface area contributed by atoms with E-state index in [1.54, 1.807) is 20.8 Å². The number of rotatable bonds is 4. The van der Waals surface area contributed by atoms with Gasteiger partial charge >= 0.3 is 12.1 Å². The van der Waals surface area contributed by atoms with E-state index in [0.717, 1.165) is 21.3 Å². The molecule has 1 fully saturated rings. The molecule has 0 unspecified atom stereocenters. The minimum absolute atomic E-state index is 0.0773. The van der Waals surface area contributed by atoms with Crippen molar-refractivity contribution in [2.45, 2.75) is 52.2 Å². The second-order valence-corrected chi connectivity index (χ2v) is 8.61. The molecule has 25 heavy (non-hydrogen) atoms. The number of carboxylic acids is 1. The van der Waals surface area contributed by atoms with Crippen molar-refractivity contribution in [3.8, 4) is 0 Å². The quantitative estimate of drug-likeness (QED) is 0.782. The summed E-state index contributed by atoms with van der Waals surface area (Å²) in [5.74, 6) is -0.905. The molecule has 1 aromatic carbocycles. The number of likely N-dealkylation sites (tertiary alicyclic amines) is 1. The molecule has 1 aromatic rings. The lowest BCUT2D eigenvalue weighted by Crippen LogP contribution is -2.68. The van der Waals surface area contributed by atoms with Gasteiger partial charge in [0.15, 0.2) is 0 Å². The minimum atomic E-state index is -0.905. The van der Waals surface area contributed by atoms with E-state index in [1.165, 1.54) is 4.90 Å². The van der Waals surface area contributed by atoms with Crippen LogP contribution >= 0.6 is 15.9 Å². The number of aryl methyl sites for hydroxylation is 2. The molecule has 0 saturated carbocycles. The fraction of sp³-hybridized carbons (Fsp3) is 0.556. The van der Waals surface area contributed by atoms with Gasteiger partial charge in [0.1, 0.15) is 5.60 Å². The Morgan fingerprint density at radius 3 is 2.40 bits per heavy atom. The van der Waals surface area contributed by atoms with Gasteiger partial charge in [-0.15, -0.1) is 0 Å². The van der Waals surface area contributed by atoms with Crippen molar-refractivity contribution in [2.24, 2.45) is 0 Å². The molecule has 1 aliphatic rings. The summed E-state index contributed by atoms with van der Waals surface area (Å²) in [6.07, 6.45) is -0.499. The number of carbonyl (C=O) groups excluding carboxylic acids is 1. The Bertz CT molecular complexity index is 668. The fourth-order valence-corrected chi connectivity index (χ4v) is 3.78. The molecule has 1 amide bonds. The molecule has 6 nitrogen and oxygen atoms in total. The van der Waals surface area contributed by atoms with Crippen molar-refractivity contribution < 1.29 is 19.4 Å². The maximum absolute atomic E-state index is 12.2. The predicted molar refractivity (Wildman–Crippen MR) is 100 cm³/mol. The highest BCUT2D eigenvalue weighted by molar-refractivity contribution is 9.10. The molecular formula is C18H25BrN2O4. The number of anilines is 1. The van der Waals surface area contributed by atoms with E-state index in [4.69, 9.17) is 4.74 Å². The number of carboxylic acid groups (broad SMARTS) is 1. The summed E-state index contributed by atoms with van der Waals surface area (Å²) in [5.41, 5.74) is 1.71. The molecule has 0 atom stereocenters. The monoisotopic (exact) mass is 412 g/mol. The summed E-state index contributed by atoms with van der Waals surface area (Å²) >= 11 is 3.54. The molecule has 0 spiro atoms. The lowest BCUT2D eigenvalue weighted by Gasteiger charge is -2.50. The summed E-state index contributed by atoms with van der Waals surface area (Å²) in [4.78, 5) is 25.0. The van der Waals surface area contributed by atoms with Gasteiger partial charge in [0.05, 0.1) is 17.6 Å². The molecule has 0 aromatic heterocycles. The highest BCUT2D eigenvalue weighted by Gasteiger charge is 2.48. The zero-order chi connectivity index (χ0) is 19.0. The normalized spacial score (nSPS) is 16.2. The third kappa shape index (κ3) is 4.87. The van der Waals surface area contributed by atoms with E-state index in [-0.39, 0.29) is 19.5 Å². The van der Waals surface area contributed by atoms with Crippen LogP contribution in [-0.4, -0.2) is 46.3 Å². The summed E-state index contributed by atoms with van der Waals surface area (Å²) in [6, 6.07) is 4.01. The number of hydrogen-bond donors (Lipinski definition) is 2. The van der Waals surface area contributed by atoms with Gasteiger partial charge in [-0.25, -0.2) is 4.79 Å². The third-order valence-electron chi connectivity index (χ3n) is 3.95. The van der Waals surface area contributed by atoms with E-state index in [0.29, 0.717) is 0 Å². The number of nitrogens with zero attached hydrogens (tertiary/aromatic N) is 1. The number of hydrogen-bond acceptors (Lipinski definition) is 4. The van der Waals surface area contributed by atoms with Crippen LogP contribution in [0.2, 0.25) is 0 Å². The Kier molecular flexibility index (Phi) is 5.37. The predicted octanol–water partition coefficient (Wildman–Crippen LogP) is 3.94. The van der Waals surface area contributed by atoms with E-state index in [1.807, 2.05) is 26.0 Å². The Morgan fingerprint density at radius 1 is 1.32 bits per heavy atom. The van der Waals surface area contributed by atoms with Crippen molar-refractivity contribution in [1.29, 1.82) is 0 Å². The third-order valence-corrected chi connectivity index (χ3v) is 4.58. The average Bonchev–Trinajstić information content (AvgIpc) is 2.36. The van der Waals surface area contributed by atoms with Crippen LogP contribution in [0.4, 0.5) is 10.5 Å². The highest BCUT2D eigenvalue weighted by atomic mass is 79.9. The van der Waals surface area contributed by atoms with Crippen molar-refractivity contribution in [2.75, 3.05) is 18.4 Å². The first-order valence-corrected chi connectivity index (χ1v) is 8.95. The molecular weight excluding hydrogens is 388 g/mol. The zero-order valence-electron chi connectivity index (χ0n) is 15.3. The smallest absolute Gasteiger partial charge is 0.410 e.